The Morgan fingerprint density at radius 3 is 2.38 bits per heavy atom. The Bertz CT molecular complexity index is 427. The quantitative estimate of drug-likeness (QED) is 0.568. The van der Waals surface area contributed by atoms with E-state index in [1.54, 1.807) is 0 Å². The second-order valence-electron chi connectivity index (χ2n) is 3.34. The molecule has 84 valence electrons. The zero-order valence-corrected chi connectivity index (χ0v) is 10.7. The summed E-state index contributed by atoms with van der Waals surface area (Å²) in [7, 11) is -1.87. The first-order valence-corrected chi connectivity index (χ1v) is 6.76. The third kappa shape index (κ3) is 3.67. The maximum Gasteiger partial charge on any atom is 0.131 e. The molecule has 0 spiro atoms. The van der Waals surface area contributed by atoms with Crippen LogP contribution in [0, 0.1) is 0 Å². The smallest absolute Gasteiger partial charge is 0.131 e. The maximum absolute atomic E-state index is 12.3. The molecule has 0 radical (unpaired) electrons. The molecule has 0 aliphatic carbocycles. The summed E-state index contributed by atoms with van der Waals surface area (Å²) in [6.07, 6.45) is 9.59. The molecule has 1 nitrogen and oxygen atoms in total. The number of hydrogen-bond acceptors (Lipinski definition) is 1. The number of allylic oxidation sites excluding steroid dienone is 6. The first kappa shape index (κ1) is 12.7. The van der Waals surface area contributed by atoms with Crippen molar-refractivity contribution in [3.05, 3.63) is 66.0 Å². The second-order valence-corrected chi connectivity index (χ2v) is 5.16. The largest absolute Gasteiger partial charge is 0.317 e. The Morgan fingerprint density at radius 1 is 1.12 bits per heavy atom. The van der Waals surface area contributed by atoms with Crippen LogP contribution in [0.25, 0.3) is 0 Å². The van der Waals surface area contributed by atoms with Crippen LogP contribution in [0.5, 0.6) is 0 Å². The third-order valence-electron chi connectivity index (χ3n) is 2.11. The van der Waals surface area contributed by atoms with E-state index in [9.17, 15) is 4.57 Å². The van der Waals surface area contributed by atoms with E-state index in [1.165, 1.54) is 0 Å². The Balaban J connectivity index is 3.01. The lowest BCUT2D eigenvalue weighted by atomic mass is 10.4. The fraction of sp³-hybridized carbons (Fsp3) is 0.143. The minimum atomic E-state index is -1.87. The van der Waals surface area contributed by atoms with Gasteiger partial charge < -0.3 is 4.57 Å². The fourth-order valence-electron chi connectivity index (χ4n) is 1.34. The van der Waals surface area contributed by atoms with Crippen molar-refractivity contribution in [2.75, 3.05) is 0 Å². The molecule has 1 aromatic rings. The van der Waals surface area contributed by atoms with E-state index in [2.05, 4.69) is 0 Å². The van der Waals surface area contributed by atoms with Crippen molar-refractivity contribution in [1.29, 1.82) is 0 Å². The lowest BCUT2D eigenvalue weighted by Crippen LogP contribution is -1.94. The van der Waals surface area contributed by atoms with Gasteiger partial charge in [0.05, 0.1) is 0 Å². The molecule has 16 heavy (non-hydrogen) atoms. The van der Waals surface area contributed by atoms with Crippen molar-refractivity contribution in [3.8, 4) is 0 Å². The van der Waals surface area contributed by atoms with Gasteiger partial charge in [0.15, 0.2) is 0 Å². The number of benzene rings is 1. The molecular formula is C14H17OP. The molecule has 1 atom stereocenters. The van der Waals surface area contributed by atoms with Crippen LogP contribution in [-0.4, -0.2) is 0 Å². The average molecular weight is 232 g/mol. The summed E-state index contributed by atoms with van der Waals surface area (Å²) >= 11 is 0. The van der Waals surface area contributed by atoms with Gasteiger partial charge in [0.25, 0.3) is 0 Å². The van der Waals surface area contributed by atoms with Gasteiger partial charge in [-0.1, -0.05) is 60.7 Å². The minimum Gasteiger partial charge on any atom is -0.317 e. The van der Waals surface area contributed by atoms with Gasteiger partial charge in [-0.25, -0.2) is 0 Å². The number of rotatable bonds is 4. The summed E-state index contributed by atoms with van der Waals surface area (Å²) in [6.45, 7) is 3.88. The molecule has 0 fully saturated rings. The van der Waals surface area contributed by atoms with E-state index < -0.39 is 7.80 Å². The van der Waals surface area contributed by atoms with E-state index in [4.69, 9.17) is 0 Å². The van der Waals surface area contributed by atoms with Crippen molar-refractivity contribution >= 4 is 13.1 Å². The molecule has 1 aromatic carbocycles. The highest BCUT2D eigenvalue weighted by atomic mass is 31.1. The lowest BCUT2D eigenvalue weighted by Gasteiger charge is -2.02. The van der Waals surface area contributed by atoms with Gasteiger partial charge in [0.1, 0.15) is 7.80 Å². The Kier molecular flexibility index (Phi) is 5.60. The van der Waals surface area contributed by atoms with Crippen molar-refractivity contribution in [2.45, 2.75) is 13.8 Å². The molecule has 0 amide bonds. The van der Waals surface area contributed by atoms with E-state index in [0.29, 0.717) is 0 Å². The van der Waals surface area contributed by atoms with E-state index in [-0.39, 0.29) is 0 Å². The van der Waals surface area contributed by atoms with E-state index in [0.717, 1.165) is 10.6 Å². The molecule has 0 N–H and O–H groups in total. The maximum atomic E-state index is 12.3. The van der Waals surface area contributed by atoms with Crippen LogP contribution >= 0.6 is 7.80 Å². The van der Waals surface area contributed by atoms with Gasteiger partial charge in [0.2, 0.25) is 0 Å². The highest BCUT2D eigenvalue weighted by molar-refractivity contribution is 7.58. The van der Waals surface area contributed by atoms with Gasteiger partial charge in [-0.3, -0.25) is 0 Å². The van der Waals surface area contributed by atoms with Crippen LogP contribution in [0.1, 0.15) is 13.8 Å². The summed E-state index contributed by atoms with van der Waals surface area (Å²) in [5.74, 6) is 0. The summed E-state index contributed by atoms with van der Waals surface area (Å²) in [5, 5.41) is 1.79. The lowest BCUT2D eigenvalue weighted by molar-refractivity contribution is 0.597. The van der Waals surface area contributed by atoms with E-state index >= 15 is 0 Å². The van der Waals surface area contributed by atoms with Crippen molar-refractivity contribution in [2.24, 2.45) is 0 Å². The van der Waals surface area contributed by atoms with Crippen molar-refractivity contribution < 1.29 is 4.57 Å². The van der Waals surface area contributed by atoms with Gasteiger partial charge in [-0.2, -0.15) is 0 Å². The number of hydrogen-bond donors (Lipinski definition) is 0. The second kappa shape index (κ2) is 7.03. The normalized spacial score (nSPS) is 14.8. The predicted octanol–water partition coefficient (Wildman–Crippen LogP) is 3.91. The molecule has 0 heterocycles. The van der Waals surface area contributed by atoms with Crippen LogP contribution in [0.3, 0.4) is 0 Å². The molecule has 1 rings (SSSR count). The Morgan fingerprint density at radius 2 is 1.81 bits per heavy atom. The van der Waals surface area contributed by atoms with Crippen LogP contribution in [0.2, 0.25) is 0 Å². The highest BCUT2D eigenvalue weighted by Gasteiger charge is 2.05. The molecule has 0 bridgehead atoms. The molecule has 0 aliphatic heterocycles. The molecular weight excluding hydrogens is 215 g/mol. The van der Waals surface area contributed by atoms with Crippen LogP contribution in [0.4, 0.5) is 0 Å². The Hall–Kier alpha value is -1.33. The average Bonchev–Trinajstić information content (AvgIpc) is 2.35. The predicted molar refractivity (Wildman–Crippen MR) is 72.8 cm³/mol. The van der Waals surface area contributed by atoms with Gasteiger partial charge in [0, 0.05) is 10.6 Å². The van der Waals surface area contributed by atoms with Gasteiger partial charge in [-0.15, -0.1) is 0 Å². The standard InChI is InChI=1S/C14H17OP/c1-3-5-10-13(9-4-2)16(15)14-11-7-6-8-12-14/h3-12,16H,1-2H3/b5-3-,9-4-,13-10+. The summed E-state index contributed by atoms with van der Waals surface area (Å²) < 4.78 is 12.3. The summed E-state index contributed by atoms with van der Waals surface area (Å²) in [4.78, 5) is 0. The molecule has 1 unspecified atom stereocenters. The zero-order valence-electron chi connectivity index (χ0n) is 9.68. The first-order valence-electron chi connectivity index (χ1n) is 5.35. The third-order valence-corrected chi connectivity index (χ3v) is 3.83. The summed E-state index contributed by atoms with van der Waals surface area (Å²) in [5.41, 5.74) is 0. The zero-order chi connectivity index (χ0) is 11.8. The molecule has 0 aromatic heterocycles. The summed E-state index contributed by atoms with van der Waals surface area (Å²) in [6, 6.07) is 9.59. The monoisotopic (exact) mass is 232 g/mol. The van der Waals surface area contributed by atoms with Gasteiger partial charge >= 0.3 is 0 Å². The molecule has 2 heteroatoms. The van der Waals surface area contributed by atoms with Gasteiger partial charge in [-0.05, 0) is 13.8 Å². The fourth-order valence-corrected chi connectivity index (χ4v) is 2.74. The van der Waals surface area contributed by atoms with Crippen LogP contribution in [-0.2, 0) is 4.57 Å². The van der Waals surface area contributed by atoms with Crippen molar-refractivity contribution in [1.82, 2.24) is 0 Å². The first-order chi connectivity index (χ1) is 7.79. The topological polar surface area (TPSA) is 17.1 Å². The molecule has 0 saturated carbocycles. The SMILES string of the molecule is C\C=C/C=C(\C=C/C)[PH](=O)c1ccccc1. The van der Waals surface area contributed by atoms with E-state index in [1.807, 2.05) is 74.6 Å². The highest BCUT2D eigenvalue weighted by Crippen LogP contribution is 2.32. The Labute approximate surface area is 98.0 Å². The van der Waals surface area contributed by atoms with Crippen molar-refractivity contribution in [3.63, 3.8) is 0 Å². The molecule has 0 aliphatic rings. The molecule has 0 saturated heterocycles. The van der Waals surface area contributed by atoms with Crippen LogP contribution < -0.4 is 5.30 Å². The minimum absolute atomic E-state index is 0.886. The van der Waals surface area contributed by atoms with Crippen LogP contribution in [0.15, 0.2) is 66.0 Å².